The Bertz CT molecular complexity index is 2680. The first-order valence-electron chi connectivity index (χ1n) is 15.4. The van der Waals surface area contributed by atoms with Gasteiger partial charge in [-0.25, -0.2) is 9.97 Å². The van der Waals surface area contributed by atoms with Crippen molar-refractivity contribution in [2.24, 2.45) is 0 Å². The maximum absolute atomic E-state index is 6.38. The van der Waals surface area contributed by atoms with Gasteiger partial charge in [0.2, 0.25) is 5.95 Å². The third-order valence-electron chi connectivity index (χ3n) is 9.79. The molecule has 0 fully saturated rings. The van der Waals surface area contributed by atoms with Crippen molar-refractivity contribution < 1.29 is 4.42 Å². The lowest BCUT2D eigenvalue weighted by Crippen LogP contribution is -2.16. The molecule has 0 spiro atoms. The lowest BCUT2D eigenvalue weighted by atomic mass is 9.81. The number of hydrogen-bond acceptors (Lipinski definition) is 3. The Balaban J connectivity index is 1.41. The first-order chi connectivity index (χ1) is 22.1. The molecule has 45 heavy (non-hydrogen) atoms. The molecule has 0 atom stereocenters. The minimum Gasteiger partial charge on any atom is -0.456 e. The number of para-hydroxylation sites is 2. The summed E-state index contributed by atoms with van der Waals surface area (Å²) in [6.45, 7) is 4.64. The third-order valence-corrected chi connectivity index (χ3v) is 9.79. The van der Waals surface area contributed by atoms with Gasteiger partial charge in [-0.3, -0.25) is 4.57 Å². The van der Waals surface area contributed by atoms with Crippen LogP contribution in [-0.4, -0.2) is 14.5 Å². The van der Waals surface area contributed by atoms with Gasteiger partial charge in [0, 0.05) is 32.5 Å². The molecule has 1 aliphatic carbocycles. The van der Waals surface area contributed by atoms with E-state index in [9.17, 15) is 0 Å². The summed E-state index contributed by atoms with van der Waals surface area (Å²) in [6.07, 6.45) is 0. The molecule has 1 aliphatic rings. The number of furan rings is 1. The highest BCUT2D eigenvalue weighted by atomic mass is 16.3. The molecule has 4 nitrogen and oxygen atoms in total. The Kier molecular flexibility index (Phi) is 4.76. The van der Waals surface area contributed by atoms with Crippen LogP contribution >= 0.6 is 0 Å². The number of hydrogen-bond donors (Lipinski definition) is 0. The fourth-order valence-electron chi connectivity index (χ4n) is 7.83. The number of rotatable bonds is 2. The molecule has 212 valence electrons. The Labute approximate surface area is 259 Å². The van der Waals surface area contributed by atoms with Crippen LogP contribution < -0.4 is 0 Å². The quantitative estimate of drug-likeness (QED) is 0.205. The SMILES string of the molecule is CC1(C)c2ccccc2-c2ccc3c(-c4ccccc4)nc(-n4c5ccccc5c5ccc6oc7ccccc7c6c54)nc3c21. The number of fused-ring (bicyclic) bond motifs is 12. The molecule has 0 saturated carbocycles. The van der Waals surface area contributed by atoms with Gasteiger partial charge in [0.15, 0.2) is 0 Å². The molecule has 3 heterocycles. The standard InChI is InChI=1S/C41H27N3O/c1-41(2)31-17-9-6-14-25(31)27-20-21-30-37(24-12-4-3-5-13-24)42-40(43-38(30)36(27)41)44-32-18-10-7-15-26(32)28-22-23-34-35(39(28)44)29-16-8-11-19-33(29)45-34/h3-23H,1-2H3. The molecule has 0 amide bonds. The van der Waals surface area contributed by atoms with Crippen molar-refractivity contribution in [3.8, 4) is 28.3 Å². The summed E-state index contributed by atoms with van der Waals surface area (Å²) in [6, 6.07) is 44.9. The predicted octanol–water partition coefficient (Wildman–Crippen LogP) is 10.6. The van der Waals surface area contributed by atoms with Crippen LogP contribution in [0.4, 0.5) is 0 Å². The fourth-order valence-corrected chi connectivity index (χ4v) is 7.83. The van der Waals surface area contributed by atoms with E-state index in [0.717, 1.165) is 65.9 Å². The van der Waals surface area contributed by atoms with Gasteiger partial charge in [-0.15, -0.1) is 0 Å². The van der Waals surface area contributed by atoms with Crippen molar-refractivity contribution in [1.29, 1.82) is 0 Å². The first kappa shape index (κ1) is 24.7. The van der Waals surface area contributed by atoms with Crippen LogP contribution in [0.15, 0.2) is 132 Å². The van der Waals surface area contributed by atoms with Crippen LogP contribution in [0, 0.1) is 0 Å². The molecule has 0 radical (unpaired) electrons. The zero-order chi connectivity index (χ0) is 29.9. The van der Waals surface area contributed by atoms with Gasteiger partial charge >= 0.3 is 0 Å². The summed E-state index contributed by atoms with van der Waals surface area (Å²) in [5, 5.41) is 5.54. The number of benzene rings is 6. The number of aromatic nitrogens is 3. The van der Waals surface area contributed by atoms with Crippen molar-refractivity contribution in [3.63, 3.8) is 0 Å². The van der Waals surface area contributed by atoms with E-state index in [1.165, 1.54) is 22.3 Å². The average molecular weight is 578 g/mol. The van der Waals surface area contributed by atoms with E-state index in [1.807, 2.05) is 12.1 Å². The Morgan fingerprint density at radius 3 is 2.20 bits per heavy atom. The van der Waals surface area contributed by atoms with Gasteiger partial charge in [0.1, 0.15) is 11.2 Å². The van der Waals surface area contributed by atoms with Gasteiger partial charge < -0.3 is 4.42 Å². The van der Waals surface area contributed by atoms with Crippen LogP contribution in [0.5, 0.6) is 0 Å². The van der Waals surface area contributed by atoms with E-state index in [-0.39, 0.29) is 5.41 Å². The highest BCUT2D eigenvalue weighted by molar-refractivity contribution is 6.24. The third kappa shape index (κ3) is 3.21. The topological polar surface area (TPSA) is 43.9 Å². The van der Waals surface area contributed by atoms with Crippen molar-refractivity contribution in [2.75, 3.05) is 0 Å². The van der Waals surface area contributed by atoms with E-state index >= 15 is 0 Å². The summed E-state index contributed by atoms with van der Waals surface area (Å²) in [4.78, 5) is 11.0. The molecule has 10 rings (SSSR count). The summed E-state index contributed by atoms with van der Waals surface area (Å²) in [5.41, 5.74) is 11.7. The molecule has 0 N–H and O–H groups in total. The summed E-state index contributed by atoms with van der Waals surface area (Å²) in [5.74, 6) is 0.658. The molecular formula is C41H27N3O. The first-order valence-corrected chi connectivity index (χ1v) is 15.4. The van der Waals surface area contributed by atoms with Gasteiger partial charge in [0.25, 0.3) is 0 Å². The van der Waals surface area contributed by atoms with E-state index in [4.69, 9.17) is 14.4 Å². The van der Waals surface area contributed by atoms with Crippen molar-refractivity contribution >= 4 is 54.6 Å². The molecule has 9 aromatic rings. The van der Waals surface area contributed by atoms with Crippen molar-refractivity contribution in [1.82, 2.24) is 14.5 Å². The molecule has 0 saturated heterocycles. The maximum Gasteiger partial charge on any atom is 0.235 e. The van der Waals surface area contributed by atoms with E-state index in [0.29, 0.717) is 5.95 Å². The monoisotopic (exact) mass is 577 g/mol. The molecule has 4 heteroatoms. The fraction of sp³-hybridized carbons (Fsp3) is 0.0732. The highest BCUT2D eigenvalue weighted by Gasteiger charge is 2.38. The average Bonchev–Trinajstić information content (AvgIpc) is 3.70. The smallest absolute Gasteiger partial charge is 0.235 e. The van der Waals surface area contributed by atoms with Crippen molar-refractivity contribution in [2.45, 2.75) is 19.3 Å². The molecular weight excluding hydrogens is 550 g/mol. The van der Waals surface area contributed by atoms with E-state index in [1.54, 1.807) is 0 Å². The predicted molar refractivity (Wildman–Crippen MR) is 184 cm³/mol. The highest BCUT2D eigenvalue weighted by Crippen LogP contribution is 2.52. The maximum atomic E-state index is 6.38. The Hall–Kier alpha value is -5.74. The summed E-state index contributed by atoms with van der Waals surface area (Å²) in [7, 11) is 0. The molecule has 3 aromatic heterocycles. The zero-order valence-electron chi connectivity index (χ0n) is 24.9. The second kappa shape index (κ2) is 8.67. The molecule has 6 aromatic carbocycles. The van der Waals surface area contributed by atoms with Crippen LogP contribution in [-0.2, 0) is 5.41 Å². The Morgan fingerprint density at radius 2 is 1.31 bits per heavy atom. The minimum atomic E-state index is -0.222. The van der Waals surface area contributed by atoms with Crippen LogP contribution in [0.3, 0.4) is 0 Å². The zero-order valence-corrected chi connectivity index (χ0v) is 24.9. The van der Waals surface area contributed by atoms with Crippen molar-refractivity contribution in [3.05, 3.63) is 139 Å². The van der Waals surface area contributed by atoms with Crippen LogP contribution in [0.1, 0.15) is 25.0 Å². The van der Waals surface area contributed by atoms with Gasteiger partial charge in [-0.05, 0) is 52.6 Å². The molecule has 0 aliphatic heterocycles. The van der Waals surface area contributed by atoms with Gasteiger partial charge in [-0.1, -0.05) is 111 Å². The van der Waals surface area contributed by atoms with Crippen LogP contribution in [0.2, 0.25) is 0 Å². The van der Waals surface area contributed by atoms with Gasteiger partial charge in [0.05, 0.1) is 27.6 Å². The van der Waals surface area contributed by atoms with Gasteiger partial charge in [-0.2, -0.15) is 0 Å². The normalized spacial score (nSPS) is 13.7. The summed E-state index contributed by atoms with van der Waals surface area (Å²) >= 11 is 0. The Morgan fingerprint density at radius 1 is 0.578 bits per heavy atom. The lowest BCUT2D eigenvalue weighted by Gasteiger charge is -2.23. The van der Waals surface area contributed by atoms with E-state index < -0.39 is 0 Å². The van der Waals surface area contributed by atoms with Crippen LogP contribution in [0.25, 0.3) is 83.0 Å². The second-order valence-electron chi connectivity index (χ2n) is 12.6. The summed E-state index contributed by atoms with van der Waals surface area (Å²) < 4.78 is 8.64. The van der Waals surface area contributed by atoms with E-state index in [2.05, 4.69) is 134 Å². The minimum absolute atomic E-state index is 0.222. The lowest BCUT2D eigenvalue weighted by molar-refractivity contribution is 0.664. The molecule has 0 bridgehead atoms. The number of nitrogens with zero attached hydrogens (tertiary/aromatic N) is 3. The molecule has 0 unspecified atom stereocenters. The second-order valence-corrected chi connectivity index (χ2v) is 12.6. The largest absolute Gasteiger partial charge is 0.456 e.